The summed E-state index contributed by atoms with van der Waals surface area (Å²) in [7, 11) is 0. The maximum atomic E-state index is 12.9. The molecule has 2 atom stereocenters. The molecule has 0 bridgehead atoms. The van der Waals surface area contributed by atoms with Gasteiger partial charge in [0.1, 0.15) is 0 Å². The number of aliphatic hydroxyl groups is 1. The quantitative estimate of drug-likeness (QED) is 0.870. The number of rotatable bonds is 4. The number of carbonyl (C=O) groups is 2. The van der Waals surface area contributed by atoms with Crippen molar-refractivity contribution < 1.29 is 19.1 Å². The predicted octanol–water partition coefficient (Wildman–Crippen LogP) is 1.22. The zero-order chi connectivity index (χ0) is 18.0. The molecule has 0 radical (unpaired) electrons. The van der Waals surface area contributed by atoms with Gasteiger partial charge in [-0.05, 0) is 13.0 Å². The normalized spacial score (nSPS) is 19.9. The summed E-state index contributed by atoms with van der Waals surface area (Å²) in [5.41, 5.74) is 2.09. The van der Waals surface area contributed by atoms with Gasteiger partial charge >= 0.3 is 0 Å². The van der Waals surface area contributed by atoms with E-state index >= 15 is 0 Å². The number of likely N-dealkylation sites (tertiary alicyclic amines) is 1. The largest absolute Gasteiger partial charge is 0.443 e. The van der Waals surface area contributed by atoms with Crippen LogP contribution in [0.1, 0.15) is 23.0 Å². The highest BCUT2D eigenvalue weighted by Crippen LogP contribution is 2.27. The minimum Gasteiger partial charge on any atom is -0.443 e. The van der Waals surface area contributed by atoms with Crippen molar-refractivity contribution in [2.45, 2.75) is 19.9 Å². The highest BCUT2D eigenvalue weighted by molar-refractivity contribution is 5.98. The lowest BCUT2D eigenvalue weighted by molar-refractivity contribution is -0.119. The van der Waals surface area contributed by atoms with E-state index in [9.17, 15) is 14.7 Å². The first kappa shape index (κ1) is 17.2. The Morgan fingerprint density at radius 3 is 2.88 bits per heavy atom. The molecule has 132 valence electrons. The van der Waals surface area contributed by atoms with Gasteiger partial charge in [-0.1, -0.05) is 23.8 Å². The lowest BCUT2D eigenvalue weighted by Gasteiger charge is -2.16. The Labute approximate surface area is 145 Å². The van der Waals surface area contributed by atoms with Gasteiger partial charge in [0, 0.05) is 38.1 Å². The molecule has 0 unspecified atom stereocenters. The molecule has 1 aromatic carbocycles. The Morgan fingerprint density at radius 2 is 2.20 bits per heavy atom. The SMILES string of the molecule is CC(=O)N[C@@H]1CN(C(=O)c2ncoc2-c2cccc(C)c2)C[C@H]1CO. The summed E-state index contributed by atoms with van der Waals surface area (Å²) in [4.78, 5) is 29.9. The van der Waals surface area contributed by atoms with Crippen LogP contribution < -0.4 is 5.32 Å². The molecule has 1 fully saturated rings. The average molecular weight is 343 g/mol. The molecule has 1 aliphatic rings. The summed E-state index contributed by atoms with van der Waals surface area (Å²) in [6.45, 7) is 3.99. The summed E-state index contributed by atoms with van der Waals surface area (Å²) in [5.74, 6) is -0.212. The number of oxazole rings is 1. The van der Waals surface area contributed by atoms with E-state index in [1.54, 1.807) is 4.90 Å². The zero-order valence-corrected chi connectivity index (χ0v) is 14.2. The number of aromatic nitrogens is 1. The molecule has 1 aliphatic heterocycles. The van der Waals surface area contributed by atoms with Crippen LogP contribution in [0.15, 0.2) is 35.1 Å². The van der Waals surface area contributed by atoms with Crippen LogP contribution in [0.3, 0.4) is 0 Å². The Bertz CT molecular complexity index is 786. The smallest absolute Gasteiger partial charge is 0.276 e. The van der Waals surface area contributed by atoms with Crippen LogP contribution >= 0.6 is 0 Å². The van der Waals surface area contributed by atoms with Crippen molar-refractivity contribution in [2.75, 3.05) is 19.7 Å². The zero-order valence-electron chi connectivity index (χ0n) is 14.2. The number of aryl methyl sites for hydroxylation is 1. The van der Waals surface area contributed by atoms with Gasteiger partial charge in [0.05, 0.1) is 6.04 Å². The van der Waals surface area contributed by atoms with E-state index < -0.39 is 0 Å². The van der Waals surface area contributed by atoms with E-state index in [1.807, 2.05) is 31.2 Å². The Morgan fingerprint density at radius 1 is 1.40 bits per heavy atom. The van der Waals surface area contributed by atoms with Gasteiger partial charge < -0.3 is 19.7 Å². The summed E-state index contributed by atoms with van der Waals surface area (Å²) in [5, 5.41) is 12.3. The minimum absolute atomic E-state index is 0.0989. The second-order valence-electron chi connectivity index (χ2n) is 6.36. The molecule has 25 heavy (non-hydrogen) atoms. The van der Waals surface area contributed by atoms with Crippen molar-refractivity contribution in [3.8, 4) is 11.3 Å². The molecule has 0 spiro atoms. The summed E-state index contributed by atoms with van der Waals surface area (Å²) in [6, 6.07) is 7.39. The monoisotopic (exact) mass is 343 g/mol. The molecule has 2 aromatic rings. The van der Waals surface area contributed by atoms with Gasteiger partial charge in [0.15, 0.2) is 17.8 Å². The van der Waals surface area contributed by atoms with Crippen LogP contribution in [0.4, 0.5) is 0 Å². The Kier molecular flexibility index (Phi) is 4.85. The van der Waals surface area contributed by atoms with E-state index in [2.05, 4.69) is 10.3 Å². The molecular weight excluding hydrogens is 322 g/mol. The maximum Gasteiger partial charge on any atom is 0.276 e. The average Bonchev–Trinajstić information content (AvgIpc) is 3.20. The lowest BCUT2D eigenvalue weighted by atomic mass is 10.1. The van der Waals surface area contributed by atoms with E-state index in [1.165, 1.54) is 13.3 Å². The van der Waals surface area contributed by atoms with Crippen LogP contribution in [0.25, 0.3) is 11.3 Å². The molecule has 2 heterocycles. The maximum absolute atomic E-state index is 12.9. The highest BCUT2D eigenvalue weighted by atomic mass is 16.3. The van der Waals surface area contributed by atoms with Gasteiger partial charge in [0.2, 0.25) is 5.91 Å². The van der Waals surface area contributed by atoms with E-state index in [0.29, 0.717) is 18.8 Å². The van der Waals surface area contributed by atoms with Crippen LogP contribution in [0, 0.1) is 12.8 Å². The highest BCUT2D eigenvalue weighted by Gasteiger charge is 2.37. The molecule has 7 heteroatoms. The van der Waals surface area contributed by atoms with Crippen molar-refractivity contribution in [1.29, 1.82) is 0 Å². The summed E-state index contributed by atoms with van der Waals surface area (Å²) in [6.07, 6.45) is 1.26. The fourth-order valence-electron chi connectivity index (χ4n) is 3.19. The van der Waals surface area contributed by atoms with Crippen molar-refractivity contribution in [2.24, 2.45) is 5.92 Å². The molecule has 2 N–H and O–H groups in total. The Balaban J connectivity index is 1.83. The number of carbonyl (C=O) groups excluding carboxylic acids is 2. The van der Waals surface area contributed by atoms with Gasteiger partial charge in [-0.3, -0.25) is 9.59 Å². The summed E-state index contributed by atoms with van der Waals surface area (Å²) < 4.78 is 5.45. The van der Waals surface area contributed by atoms with Gasteiger partial charge in [-0.2, -0.15) is 0 Å². The first-order valence-electron chi connectivity index (χ1n) is 8.17. The molecule has 0 aliphatic carbocycles. The van der Waals surface area contributed by atoms with E-state index in [0.717, 1.165) is 11.1 Å². The summed E-state index contributed by atoms with van der Waals surface area (Å²) >= 11 is 0. The first-order valence-corrected chi connectivity index (χ1v) is 8.17. The Hall–Kier alpha value is -2.67. The number of amides is 2. The third-order valence-electron chi connectivity index (χ3n) is 4.40. The lowest BCUT2D eigenvalue weighted by Crippen LogP contribution is -2.40. The van der Waals surface area contributed by atoms with Gasteiger partial charge in [-0.25, -0.2) is 4.98 Å². The number of nitrogens with zero attached hydrogens (tertiary/aromatic N) is 2. The van der Waals surface area contributed by atoms with E-state index in [-0.39, 0.29) is 36.1 Å². The first-order chi connectivity index (χ1) is 12.0. The number of nitrogens with one attached hydrogen (secondary N) is 1. The fourth-order valence-corrected chi connectivity index (χ4v) is 3.19. The molecular formula is C18H21N3O4. The van der Waals surface area contributed by atoms with Gasteiger partial charge in [0.25, 0.3) is 5.91 Å². The predicted molar refractivity (Wildman–Crippen MR) is 90.8 cm³/mol. The molecule has 2 amide bonds. The van der Waals surface area contributed by atoms with Crippen LogP contribution in [0.2, 0.25) is 0 Å². The second-order valence-corrected chi connectivity index (χ2v) is 6.36. The number of aliphatic hydroxyl groups excluding tert-OH is 1. The van der Waals surface area contributed by atoms with Crippen LogP contribution in [-0.2, 0) is 4.79 Å². The van der Waals surface area contributed by atoms with Crippen LogP contribution in [-0.4, -0.2) is 52.5 Å². The minimum atomic E-state index is -0.267. The van der Waals surface area contributed by atoms with Crippen molar-refractivity contribution in [3.63, 3.8) is 0 Å². The number of hydrogen-bond donors (Lipinski definition) is 2. The third kappa shape index (κ3) is 3.56. The van der Waals surface area contributed by atoms with Crippen molar-refractivity contribution >= 4 is 11.8 Å². The van der Waals surface area contributed by atoms with E-state index in [4.69, 9.17) is 4.42 Å². The number of benzene rings is 1. The molecule has 7 nitrogen and oxygen atoms in total. The molecule has 0 saturated carbocycles. The second kappa shape index (κ2) is 7.06. The third-order valence-corrected chi connectivity index (χ3v) is 4.40. The van der Waals surface area contributed by atoms with Gasteiger partial charge in [-0.15, -0.1) is 0 Å². The van der Waals surface area contributed by atoms with Crippen molar-refractivity contribution in [1.82, 2.24) is 15.2 Å². The van der Waals surface area contributed by atoms with Crippen molar-refractivity contribution in [3.05, 3.63) is 41.9 Å². The molecule has 3 rings (SSSR count). The standard InChI is InChI=1S/C18H21N3O4/c1-11-4-3-5-13(6-11)17-16(19-10-25-17)18(24)21-7-14(9-22)15(8-21)20-12(2)23/h3-6,10,14-15,22H,7-9H2,1-2H3,(H,20,23)/t14-,15+/m0/s1. The molecule has 1 saturated heterocycles. The van der Waals surface area contributed by atoms with Crippen LogP contribution in [0.5, 0.6) is 0 Å². The number of hydrogen-bond acceptors (Lipinski definition) is 5. The fraction of sp³-hybridized carbons (Fsp3) is 0.389. The topological polar surface area (TPSA) is 95.7 Å². The molecule has 1 aromatic heterocycles.